The second kappa shape index (κ2) is 53.8. The Balaban J connectivity index is 0.000000230. The lowest BCUT2D eigenvalue weighted by Gasteiger charge is -2.31. The number of ether oxygens (including phenoxy) is 12. The number of nitrogen functional groups attached to an aromatic ring is 3. The van der Waals surface area contributed by atoms with E-state index in [4.69, 9.17) is 101 Å². The maximum absolute atomic E-state index is 14.5. The summed E-state index contributed by atoms with van der Waals surface area (Å²) in [6.45, 7) is 26.1. The van der Waals surface area contributed by atoms with Gasteiger partial charge in [0.15, 0.2) is 36.6 Å². The van der Waals surface area contributed by atoms with Gasteiger partial charge in [-0.3, -0.25) is 56.7 Å². The number of anilines is 3. The molecular weight excluding hydrogens is 2010 g/mol. The van der Waals surface area contributed by atoms with Gasteiger partial charge in [-0.1, -0.05) is 176 Å². The second-order valence-electron chi connectivity index (χ2n) is 36.4. The van der Waals surface area contributed by atoms with E-state index in [0.29, 0.717) is 50.7 Å². The van der Waals surface area contributed by atoms with E-state index >= 15 is 0 Å². The molecule has 0 bridgehead atoms. The van der Waals surface area contributed by atoms with Crippen molar-refractivity contribution < 1.29 is 141 Å². The van der Waals surface area contributed by atoms with Gasteiger partial charge in [-0.05, 0) is 130 Å². The third-order valence-corrected chi connectivity index (χ3v) is 29.7. The molecule has 0 spiro atoms. The van der Waals surface area contributed by atoms with Gasteiger partial charge in [-0.2, -0.15) is 46.3 Å². The lowest BCUT2D eigenvalue weighted by Crippen LogP contribution is -2.50. The van der Waals surface area contributed by atoms with Crippen LogP contribution in [0, 0.1) is 63.6 Å². The van der Waals surface area contributed by atoms with Crippen molar-refractivity contribution in [3.05, 3.63) is 181 Å². The molecule has 18 atom stereocenters. The van der Waals surface area contributed by atoms with E-state index in [1.807, 2.05) is 59.8 Å². The van der Waals surface area contributed by atoms with Crippen molar-refractivity contribution >= 4 is 111 Å². The molecule has 6 aromatic heterocycles. The molecule has 48 heteroatoms. The Morgan fingerprint density at radius 3 is 0.927 bits per heavy atom. The summed E-state index contributed by atoms with van der Waals surface area (Å²) in [5.41, 5.74) is 15.4. The van der Waals surface area contributed by atoms with Crippen LogP contribution < -0.4 is 46.0 Å². The van der Waals surface area contributed by atoms with Crippen molar-refractivity contribution in [1.29, 1.82) is 15.8 Å². The molecule has 150 heavy (non-hydrogen) atoms. The van der Waals surface area contributed by atoms with Gasteiger partial charge in [0.25, 0.3) is 0 Å². The predicted molar refractivity (Wildman–Crippen MR) is 541 cm³/mol. The molecular formula is C102H132N15O30P3. The fourth-order valence-corrected chi connectivity index (χ4v) is 20.4. The highest BCUT2D eigenvalue weighted by Crippen LogP contribution is 2.55. The van der Waals surface area contributed by atoms with Crippen molar-refractivity contribution in [2.75, 3.05) is 56.8 Å². The van der Waals surface area contributed by atoms with E-state index < -0.39 is 198 Å². The number of nitrogens with zero attached hydrogens (tertiary/aromatic N) is 9. The first kappa shape index (κ1) is 118. The highest BCUT2D eigenvalue weighted by molar-refractivity contribution is 7.52. The lowest BCUT2D eigenvalue weighted by molar-refractivity contribution is -0.173. The first-order chi connectivity index (χ1) is 71.4. The number of nitrogens with one attached hydrogen (secondary N) is 3. The maximum atomic E-state index is 14.5. The summed E-state index contributed by atoms with van der Waals surface area (Å²) in [7, 11) is -13.6. The Hall–Kier alpha value is -13.4. The Kier molecular flexibility index (Phi) is 42.5. The molecule has 9 heterocycles. The van der Waals surface area contributed by atoms with Crippen LogP contribution in [0.1, 0.15) is 204 Å². The Morgan fingerprint density at radius 2 is 0.647 bits per heavy atom. The van der Waals surface area contributed by atoms with Gasteiger partial charge >= 0.3 is 77.0 Å². The first-order valence-corrected chi connectivity index (χ1v) is 54.0. The molecule has 0 radical (unpaired) electrons. The van der Waals surface area contributed by atoms with E-state index in [9.17, 15) is 72.6 Å². The fourth-order valence-electron chi connectivity index (χ4n) is 15.9. The summed E-state index contributed by atoms with van der Waals surface area (Å²) in [6, 6.07) is 41.3. The molecule has 3 fully saturated rings. The van der Waals surface area contributed by atoms with Gasteiger partial charge in [0, 0.05) is 45.3 Å². The number of para-hydroxylation sites is 3. The van der Waals surface area contributed by atoms with Gasteiger partial charge in [0.1, 0.15) is 91.7 Å². The molecule has 3 saturated heterocycles. The minimum atomic E-state index is -4.55. The highest BCUT2D eigenvalue weighted by atomic mass is 31.2. The average molecular weight is 2140 g/mol. The van der Waals surface area contributed by atoms with Gasteiger partial charge in [-0.25, -0.2) is 27.2 Å². The number of fused-ring (bicyclic) bond motifs is 3. The molecule has 12 rings (SSSR count). The van der Waals surface area contributed by atoms with E-state index in [-0.39, 0.29) is 67.7 Å². The molecule has 3 aromatic carbocycles. The average Bonchev–Trinajstić information content (AvgIpc) is 1.59. The fraction of sp³-hybridized carbons (Fsp3) is 0.500. The second-order valence-corrected chi connectivity index (χ2v) is 41.5. The van der Waals surface area contributed by atoms with E-state index in [2.05, 4.69) is 30.6 Å². The maximum Gasteiger partial charge on any atom is 0.459 e. The van der Waals surface area contributed by atoms with Crippen LogP contribution in [-0.2, 0) is 127 Å². The third-order valence-electron chi connectivity index (χ3n) is 24.8. The first-order valence-electron chi connectivity index (χ1n) is 49.3. The summed E-state index contributed by atoms with van der Waals surface area (Å²) in [5, 5.41) is 53.0. The monoisotopic (exact) mass is 2140 g/mol. The van der Waals surface area contributed by atoms with Crippen molar-refractivity contribution in [1.82, 2.24) is 44.1 Å². The number of nitriles is 3. The molecule has 3 aliphatic heterocycles. The highest BCUT2D eigenvalue weighted by Gasteiger charge is 2.66. The Labute approximate surface area is 869 Å². The van der Waals surface area contributed by atoms with Crippen LogP contribution in [0.4, 0.5) is 17.1 Å². The van der Waals surface area contributed by atoms with Crippen LogP contribution in [0.5, 0.6) is 17.2 Å². The molecule has 0 unspecified atom stereocenters. The molecule has 810 valence electrons. The van der Waals surface area contributed by atoms with Crippen LogP contribution in [0.3, 0.4) is 0 Å². The molecule has 9 aromatic rings. The molecule has 0 amide bonds. The van der Waals surface area contributed by atoms with E-state index in [1.54, 1.807) is 151 Å². The smallest absolute Gasteiger partial charge is 0.459 e. The zero-order valence-corrected chi connectivity index (χ0v) is 89.3. The largest absolute Gasteiger partial charge is 0.464 e. The summed E-state index contributed by atoms with van der Waals surface area (Å²) in [5.74, 6) is -6.88. The van der Waals surface area contributed by atoms with E-state index in [0.717, 1.165) is 52.4 Å². The number of esters is 9. The number of aromatic nitrogens is 6. The zero-order chi connectivity index (χ0) is 110. The van der Waals surface area contributed by atoms with E-state index in [1.165, 1.54) is 89.3 Å². The molecule has 3 aliphatic rings. The topological polar surface area (TPSA) is 608 Å². The number of carbonyl (C=O) groups is 9. The standard InChI is InChI=1S/C36H48N5O10P.C34H44N5O10P.C32H40N5O10P/c1-8-25(9-2)19-46-35(44)24(7)40-52(45,51-26-13-11-10-12-14-26)47-21-36(20-37)32(49-34(43)23(5)6)31(48-33(42)22(3)4)30(50-36)29-16-15-28-27(38)17-18-39-41(28)29;1-6-23(7-2)19-44-33(42)22(5)38-50(43,49-24-13-11-10-12-14-24)45-21-34(20-35)32(47-29(41)9-4)31(46-28(40)8-3)30(48-34)27-16-15-26-25(36)17-18-37-39(26)27;1-6-23(7-2)17-42-31(40)20(3)36-48(41,47-24-11-9-8-10-12-24)43-19-32(18-33)30(45-22(5)39)29(44-21(4)38)28(46-32)27-14-13-26-25(34)15-16-35-37(26)27/h10-18,22-25,30-32H,8-9,19,21,38H2,1-7H3,(H,40,45);10-18,22-23,30-32H,6-9,19,21,36H2,1-5H3,(H,38,43);8-16,20,23,28-30H,6-7,17,19,34H2,1-5H3,(H,36,41)/t24-,30-,31-,32-,36+,52-;22-,30-,31-,32-,34+,50-;20-,28-,29-,30-,32+,48-/m000/s1. The van der Waals surface area contributed by atoms with Gasteiger partial charge in [-0.15, -0.1) is 0 Å². The molecule has 0 aliphatic carbocycles. The van der Waals surface area contributed by atoms with Crippen molar-refractivity contribution in [2.24, 2.45) is 29.6 Å². The summed E-state index contributed by atoms with van der Waals surface area (Å²) >= 11 is 0. The minimum Gasteiger partial charge on any atom is -0.464 e. The van der Waals surface area contributed by atoms with Crippen LogP contribution in [-0.4, -0.2) is 194 Å². The molecule has 0 saturated carbocycles. The third kappa shape index (κ3) is 29.9. The van der Waals surface area contributed by atoms with Gasteiger partial charge < -0.3 is 87.6 Å². The SMILES string of the molecule is CCC(=O)O[C@H]1[C@H](c2ccc3c(N)ccnn23)O[C@](C#N)(CO[P@@](=O)(N[C@@H](C)C(=O)OCC(CC)CC)Oc2ccccc2)[C@H]1OC(=O)CC.CCC(CC)COC(=O)[C@H](C)N[P@](=O)(OC[C@@]1(C#N)O[C@@H](c2ccc3c(N)ccnn23)[C@H](OC(=O)C(C)C)[C@@H]1OC(=O)C(C)C)Oc1ccccc1.CCC(CC)COC(=O)[C@H](C)N[P@](=O)(OC[C@@]1(C#N)O[C@@H](c2ccc3c(N)ccnn23)[C@H](OC(C)=O)[C@@H]1OC(C)=O)Oc1ccccc1. The number of nitrogens with two attached hydrogens (primary N) is 3. The molecule has 9 N–H and O–H groups in total. The van der Waals surface area contributed by atoms with Crippen LogP contribution in [0.15, 0.2) is 164 Å². The van der Waals surface area contributed by atoms with Crippen molar-refractivity contribution in [3.8, 4) is 35.5 Å². The summed E-state index contributed by atoms with van der Waals surface area (Å²) < 4.78 is 153. The molecule has 45 nitrogen and oxygen atoms in total. The minimum absolute atomic E-state index is 0.0386. The van der Waals surface area contributed by atoms with Crippen LogP contribution in [0.25, 0.3) is 16.6 Å². The van der Waals surface area contributed by atoms with Crippen molar-refractivity contribution in [2.45, 2.75) is 259 Å². The quantitative estimate of drug-likeness (QED) is 0.0117. The van der Waals surface area contributed by atoms with Crippen molar-refractivity contribution in [3.63, 3.8) is 0 Å². The van der Waals surface area contributed by atoms with Crippen LogP contribution in [0.2, 0.25) is 0 Å². The summed E-state index contributed by atoms with van der Waals surface area (Å²) in [4.78, 5) is 115. The number of benzene rings is 3. The van der Waals surface area contributed by atoms with Gasteiger partial charge in [0.2, 0.25) is 16.8 Å². The zero-order valence-electron chi connectivity index (χ0n) is 86.6. The lowest BCUT2D eigenvalue weighted by atomic mass is 9.95. The number of rotatable bonds is 49. The Morgan fingerprint density at radius 1 is 0.373 bits per heavy atom. The summed E-state index contributed by atoms with van der Waals surface area (Å²) in [6.07, 6.45) is -3.52. The Bertz CT molecular complexity index is 6410. The number of hydrogen-bond donors (Lipinski definition) is 6. The number of hydrogen-bond acceptors (Lipinski definition) is 39. The van der Waals surface area contributed by atoms with Crippen LogP contribution >= 0.6 is 23.2 Å². The number of carbonyl (C=O) groups excluding carboxylic acids is 9. The normalized spacial score (nSPS) is 22.1. The predicted octanol–water partition coefficient (Wildman–Crippen LogP) is 14.9. The van der Waals surface area contributed by atoms with Gasteiger partial charge in [0.05, 0.1) is 82.4 Å².